The summed E-state index contributed by atoms with van der Waals surface area (Å²) in [7, 11) is 0. The van der Waals surface area contributed by atoms with Crippen molar-refractivity contribution in [3.8, 4) is 0 Å². The van der Waals surface area contributed by atoms with E-state index in [1.807, 2.05) is 54.3 Å². The molecule has 1 N–H and O–H groups in total. The molecule has 2 aliphatic rings. The van der Waals surface area contributed by atoms with Gasteiger partial charge in [0.2, 0.25) is 0 Å². The Balaban J connectivity index is 1.36. The van der Waals surface area contributed by atoms with E-state index in [4.69, 9.17) is 0 Å². The van der Waals surface area contributed by atoms with Gasteiger partial charge in [-0.3, -0.25) is 9.59 Å². The predicted octanol–water partition coefficient (Wildman–Crippen LogP) is 3.17. The first-order chi connectivity index (χ1) is 15.5. The molecule has 0 unspecified atom stereocenters. The molecular weight excluding hydrogens is 400 g/mol. The molecule has 0 radical (unpaired) electrons. The van der Waals surface area contributed by atoms with Gasteiger partial charge in [-0.05, 0) is 50.6 Å². The number of piperazine rings is 1. The summed E-state index contributed by atoms with van der Waals surface area (Å²) < 4.78 is 0. The number of hydrogen-bond acceptors (Lipinski definition) is 4. The van der Waals surface area contributed by atoms with Gasteiger partial charge in [0.05, 0.1) is 5.56 Å². The molecule has 2 saturated heterocycles. The van der Waals surface area contributed by atoms with Crippen molar-refractivity contribution >= 4 is 17.5 Å². The minimum absolute atomic E-state index is 0.00903. The Labute approximate surface area is 191 Å². The van der Waals surface area contributed by atoms with Crippen molar-refractivity contribution < 1.29 is 9.59 Å². The number of carbonyl (C=O) groups excluding carboxylic acids is 2. The highest BCUT2D eigenvalue weighted by Gasteiger charge is 2.27. The van der Waals surface area contributed by atoms with Gasteiger partial charge >= 0.3 is 0 Å². The lowest BCUT2D eigenvalue weighted by molar-refractivity contribution is 0.0644. The van der Waals surface area contributed by atoms with Gasteiger partial charge < -0.3 is 20.0 Å². The number of nitrogens with one attached hydrogen (secondary N) is 1. The first-order valence-electron chi connectivity index (χ1n) is 11.8. The van der Waals surface area contributed by atoms with Crippen LogP contribution in [0.2, 0.25) is 0 Å². The van der Waals surface area contributed by atoms with Crippen molar-refractivity contribution in [1.29, 1.82) is 0 Å². The Hall–Kier alpha value is -2.86. The third-order valence-corrected chi connectivity index (χ3v) is 6.73. The first-order valence-corrected chi connectivity index (χ1v) is 11.8. The highest BCUT2D eigenvalue weighted by molar-refractivity contribution is 6.00. The number of benzene rings is 2. The Morgan fingerprint density at radius 3 is 2.22 bits per heavy atom. The van der Waals surface area contributed by atoms with E-state index < -0.39 is 0 Å². The molecule has 0 aromatic heterocycles. The summed E-state index contributed by atoms with van der Waals surface area (Å²) in [6, 6.07) is 15.8. The fourth-order valence-electron chi connectivity index (χ4n) is 4.61. The SMILES string of the molecule is CCN1CCN(C(=O)c2ccccc2N2CCC(NC(=O)c3ccc(C)cc3)CC2)CC1. The van der Waals surface area contributed by atoms with E-state index >= 15 is 0 Å². The van der Waals surface area contributed by atoms with Crippen LogP contribution in [0.1, 0.15) is 46.0 Å². The average molecular weight is 435 g/mol. The molecule has 0 atom stereocenters. The lowest BCUT2D eigenvalue weighted by atomic mass is 10.0. The maximum atomic E-state index is 13.3. The third-order valence-electron chi connectivity index (χ3n) is 6.73. The van der Waals surface area contributed by atoms with Crippen molar-refractivity contribution in [2.75, 3.05) is 50.7 Å². The van der Waals surface area contributed by atoms with Crippen LogP contribution in [-0.2, 0) is 0 Å². The summed E-state index contributed by atoms with van der Waals surface area (Å²) in [5.74, 6) is 0.122. The summed E-state index contributed by atoms with van der Waals surface area (Å²) in [4.78, 5) is 32.5. The Bertz CT molecular complexity index is 927. The Morgan fingerprint density at radius 2 is 1.56 bits per heavy atom. The second-order valence-corrected chi connectivity index (χ2v) is 8.84. The van der Waals surface area contributed by atoms with Gasteiger partial charge in [0, 0.05) is 56.6 Å². The highest BCUT2D eigenvalue weighted by atomic mass is 16.2. The second-order valence-electron chi connectivity index (χ2n) is 8.84. The topological polar surface area (TPSA) is 55.9 Å². The molecule has 2 aromatic rings. The van der Waals surface area contributed by atoms with E-state index in [1.165, 1.54) is 0 Å². The maximum Gasteiger partial charge on any atom is 0.256 e. The minimum atomic E-state index is -0.00903. The minimum Gasteiger partial charge on any atom is -0.371 e. The van der Waals surface area contributed by atoms with Crippen LogP contribution in [0.4, 0.5) is 5.69 Å². The molecule has 32 heavy (non-hydrogen) atoms. The van der Waals surface area contributed by atoms with Crippen LogP contribution < -0.4 is 10.2 Å². The number of hydrogen-bond donors (Lipinski definition) is 1. The number of piperidine rings is 1. The van der Waals surface area contributed by atoms with Crippen LogP contribution in [0.3, 0.4) is 0 Å². The molecule has 0 spiro atoms. The molecule has 2 heterocycles. The van der Waals surface area contributed by atoms with Crippen LogP contribution in [-0.4, -0.2) is 73.5 Å². The van der Waals surface area contributed by atoms with E-state index in [0.29, 0.717) is 5.56 Å². The monoisotopic (exact) mass is 434 g/mol. The highest BCUT2D eigenvalue weighted by Crippen LogP contribution is 2.26. The second kappa shape index (κ2) is 10.2. The zero-order chi connectivity index (χ0) is 22.5. The average Bonchev–Trinajstić information content (AvgIpc) is 2.84. The smallest absolute Gasteiger partial charge is 0.256 e. The normalized spacial score (nSPS) is 17.9. The van der Waals surface area contributed by atoms with Gasteiger partial charge in [-0.25, -0.2) is 0 Å². The van der Waals surface area contributed by atoms with E-state index in [-0.39, 0.29) is 17.9 Å². The van der Waals surface area contributed by atoms with Crippen LogP contribution in [0, 0.1) is 6.92 Å². The molecule has 2 aliphatic heterocycles. The number of carbonyl (C=O) groups is 2. The maximum absolute atomic E-state index is 13.3. The quantitative estimate of drug-likeness (QED) is 0.785. The number of anilines is 1. The van der Waals surface area contributed by atoms with E-state index in [0.717, 1.165) is 75.5 Å². The van der Waals surface area contributed by atoms with Gasteiger partial charge in [-0.1, -0.05) is 36.8 Å². The fourth-order valence-corrected chi connectivity index (χ4v) is 4.61. The first kappa shape index (κ1) is 22.3. The van der Waals surface area contributed by atoms with Crippen molar-refractivity contribution in [2.45, 2.75) is 32.7 Å². The van der Waals surface area contributed by atoms with E-state index in [9.17, 15) is 9.59 Å². The van der Waals surface area contributed by atoms with Gasteiger partial charge in [0.25, 0.3) is 11.8 Å². The molecule has 170 valence electrons. The van der Waals surface area contributed by atoms with Crippen molar-refractivity contribution in [2.24, 2.45) is 0 Å². The molecule has 6 nitrogen and oxygen atoms in total. The summed E-state index contributed by atoms with van der Waals surface area (Å²) in [6.07, 6.45) is 1.74. The number of likely N-dealkylation sites (N-methyl/N-ethyl adjacent to an activating group) is 1. The van der Waals surface area contributed by atoms with Crippen LogP contribution in [0.15, 0.2) is 48.5 Å². The zero-order valence-electron chi connectivity index (χ0n) is 19.2. The molecule has 0 bridgehead atoms. The Morgan fingerprint density at radius 1 is 0.906 bits per heavy atom. The lowest BCUT2D eigenvalue weighted by Gasteiger charge is -2.37. The van der Waals surface area contributed by atoms with Crippen molar-refractivity contribution in [3.05, 3.63) is 65.2 Å². The molecule has 2 amide bonds. The summed E-state index contributed by atoms with van der Waals surface area (Å²) in [5.41, 5.74) is 3.66. The summed E-state index contributed by atoms with van der Waals surface area (Å²) in [6.45, 7) is 10.3. The van der Waals surface area contributed by atoms with Gasteiger partial charge in [0.15, 0.2) is 0 Å². The molecule has 0 saturated carbocycles. The van der Waals surface area contributed by atoms with Crippen molar-refractivity contribution in [3.63, 3.8) is 0 Å². The number of rotatable bonds is 5. The third kappa shape index (κ3) is 5.13. The van der Waals surface area contributed by atoms with Gasteiger partial charge in [-0.2, -0.15) is 0 Å². The largest absolute Gasteiger partial charge is 0.371 e. The fraction of sp³-hybridized carbons (Fsp3) is 0.462. The molecule has 0 aliphatic carbocycles. The molecular formula is C26H34N4O2. The Kier molecular flexibility index (Phi) is 7.10. The number of nitrogens with zero attached hydrogens (tertiary/aromatic N) is 3. The standard InChI is InChI=1S/C26H34N4O2/c1-3-28-16-18-30(19-17-28)26(32)23-6-4-5-7-24(23)29-14-12-22(13-15-29)27-25(31)21-10-8-20(2)9-11-21/h4-11,22H,3,12-19H2,1-2H3,(H,27,31). The molecule has 4 rings (SSSR count). The number of para-hydroxylation sites is 1. The predicted molar refractivity (Wildman–Crippen MR) is 128 cm³/mol. The summed E-state index contributed by atoms with van der Waals surface area (Å²) in [5, 5.41) is 3.18. The lowest BCUT2D eigenvalue weighted by Crippen LogP contribution is -2.49. The molecule has 2 aromatic carbocycles. The van der Waals surface area contributed by atoms with Crippen LogP contribution in [0.25, 0.3) is 0 Å². The van der Waals surface area contributed by atoms with E-state index in [2.05, 4.69) is 28.1 Å². The molecule has 6 heteroatoms. The van der Waals surface area contributed by atoms with Crippen LogP contribution >= 0.6 is 0 Å². The van der Waals surface area contributed by atoms with E-state index in [1.54, 1.807) is 0 Å². The summed E-state index contributed by atoms with van der Waals surface area (Å²) >= 11 is 0. The number of aryl methyl sites for hydroxylation is 1. The molecule has 2 fully saturated rings. The van der Waals surface area contributed by atoms with Gasteiger partial charge in [-0.15, -0.1) is 0 Å². The van der Waals surface area contributed by atoms with Crippen LogP contribution in [0.5, 0.6) is 0 Å². The van der Waals surface area contributed by atoms with Gasteiger partial charge in [0.1, 0.15) is 0 Å². The van der Waals surface area contributed by atoms with Crippen molar-refractivity contribution in [1.82, 2.24) is 15.1 Å². The number of amides is 2. The zero-order valence-corrected chi connectivity index (χ0v) is 19.2.